The number of amides is 1. The fraction of sp³-hybridized carbons (Fsp3) is 0.417. The van der Waals surface area contributed by atoms with E-state index in [0.29, 0.717) is 24.3 Å². The van der Waals surface area contributed by atoms with Crippen LogP contribution in [-0.2, 0) is 11.3 Å². The molecular weight excluding hydrogens is 241 g/mol. The number of hydrogen-bond acceptors (Lipinski definition) is 4. The van der Waals surface area contributed by atoms with E-state index in [2.05, 4.69) is 5.32 Å². The highest BCUT2D eigenvalue weighted by molar-refractivity contribution is 5.67. The van der Waals surface area contributed by atoms with Crippen molar-refractivity contribution in [1.29, 1.82) is 0 Å². The van der Waals surface area contributed by atoms with Crippen LogP contribution in [0.1, 0.15) is 12.0 Å². The summed E-state index contributed by atoms with van der Waals surface area (Å²) in [5.41, 5.74) is 0.454. The van der Waals surface area contributed by atoms with E-state index in [0.717, 1.165) is 0 Å². The van der Waals surface area contributed by atoms with Crippen LogP contribution in [0.4, 0.5) is 9.18 Å². The predicted octanol–water partition coefficient (Wildman–Crippen LogP) is 1.44. The van der Waals surface area contributed by atoms with Crippen molar-refractivity contribution in [1.82, 2.24) is 5.32 Å². The molecule has 0 unspecified atom stereocenters. The average molecular weight is 257 g/mol. The molecule has 0 fully saturated rings. The minimum Gasteiger partial charge on any atom is -0.496 e. The van der Waals surface area contributed by atoms with Crippen LogP contribution in [0, 0.1) is 5.82 Å². The van der Waals surface area contributed by atoms with Crippen molar-refractivity contribution in [2.75, 3.05) is 20.3 Å². The van der Waals surface area contributed by atoms with Crippen LogP contribution >= 0.6 is 0 Å². The molecule has 0 saturated heterocycles. The molecular formula is C12H16FNO4. The molecule has 0 heterocycles. The van der Waals surface area contributed by atoms with Crippen molar-refractivity contribution in [2.24, 2.45) is 0 Å². The number of aliphatic hydroxyl groups is 1. The zero-order valence-electron chi connectivity index (χ0n) is 10.1. The highest BCUT2D eigenvalue weighted by Gasteiger charge is 2.07. The van der Waals surface area contributed by atoms with Gasteiger partial charge in [0.15, 0.2) is 0 Å². The molecule has 1 rings (SSSR count). The van der Waals surface area contributed by atoms with Crippen molar-refractivity contribution in [3.8, 4) is 5.75 Å². The lowest BCUT2D eigenvalue weighted by atomic mass is 10.2. The van der Waals surface area contributed by atoms with Gasteiger partial charge in [0, 0.05) is 18.7 Å². The number of alkyl carbamates (subject to hydrolysis) is 1. The van der Waals surface area contributed by atoms with Crippen LogP contribution in [-0.4, -0.2) is 31.5 Å². The maximum Gasteiger partial charge on any atom is 0.407 e. The lowest BCUT2D eigenvalue weighted by Gasteiger charge is -2.10. The Labute approximate surface area is 105 Å². The number of nitrogens with one attached hydrogen (secondary N) is 1. The van der Waals surface area contributed by atoms with E-state index in [9.17, 15) is 9.18 Å². The van der Waals surface area contributed by atoms with Crippen LogP contribution < -0.4 is 10.1 Å². The Bertz CT molecular complexity index is 398. The molecule has 0 saturated carbocycles. The van der Waals surface area contributed by atoms with E-state index in [4.69, 9.17) is 14.6 Å². The van der Waals surface area contributed by atoms with Crippen molar-refractivity contribution >= 4 is 6.09 Å². The molecule has 0 bridgehead atoms. The number of carbonyl (C=O) groups excluding carboxylic acids is 1. The smallest absolute Gasteiger partial charge is 0.407 e. The number of hydrogen-bond donors (Lipinski definition) is 2. The van der Waals surface area contributed by atoms with E-state index < -0.39 is 11.9 Å². The molecule has 0 radical (unpaired) electrons. The minimum absolute atomic E-state index is 0.00198. The van der Waals surface area contributed by atoms with Gasteiger partial charge in [0.25, 0.3) is 0 Å². The third-order valence-corrected chi connectivity index (χ3v) is 2.21. The summed E-state index contributed by atoms with van der Waals surface area (Å²) in [4.78, 5) is 11.2. The van der Waals surface area contributed by atoms with Crippen molar-refractivity contribution in [3.63, 3.8) is 0 Å². The topological polar surface area (TPSA) is 67.8 Å². The van der Waals surface area contributed by atoms with Gasteiger partial charge < -0.3 is 19.9 Å². The molecule has 0 aromatic heterocycles. The van der Waals surface area contributed by atoms with Crippen molar-refractivity contribution in [2.45, 2.75) is 13.0 Å². The molecule has 0 aliphatic carbocycles. The Morgan fingerprint density at radius 3 is 2.94 bits per heavy atom. The first kappa shape index (κ1) is 14.2. The van der Waals surface area contributed by atoms with Gasteiger partial charge in [0.1, 0.15) is 18.2 Å². The fourth-order valence-corrected chi connectivity index (χ4v) is 1.32. The first-order valence-electron chi connectivity index (χ1n) is 5.51. The van der Waals surface area contributed by atoms with Crippen LogP contribution in [0.3, 0.4) is 0 Å². The zero-order chi connectivity index (χ0) is 13.4. The van der Waals surface area contributed by atoms with Crippen molar-refractivity contribution < 1.29 is 23.8 Å². The molecule has 5 nitrogen and oxygen atoms in total. The Kier molecular flexibility index (Phi) is 5.93. The molecule has 1 aromatic rings. The highest BCUT2D eigenvalue weighted by Crippen LogP contribution is 2.19. The molecule has 6 heteroatoms. The molecule has 0 aliphatic heterocycles. The zero-order valence-corrected chi connectivity index (χ0v) is 10.1. The standard InChI is InChI=1S/C12H16FNO4/c1-17-11-4-3-10(13)7-9(11)8-18-12(16)14-5-2-6-15/h3-4,7,15H,2,5-6,8H2,1H3,(H,14,16). The number of ether oxygens (including phenoxy) is 2. The second-order valence-corrected chi connectivity index (χ2v) is 3.54. The number of methoxy groups -OCH3 is 1. The Balaban J connectivity index is 2.47. The number of halogens is 1. The second-order valence-electron chi connectivity index (χ2n) is 3.54. The van der Waals surface area contributed by atoms with E-state index in [-0.39, 0.29) is 13.2 Å². The molecule has 1 aromatic carbocycles. The summed E-state index contributed by atoms with van der Waals surface area (Å²) < 4.78 is 22.9. The van der Waals surface area contributed by atoms with E-state index in [1.807, 2.05) is 0 Å². The monoisotopic (exact) mass is 257 g/mol. The summed E-state index contributed by atoms with van der Waals surface area (Å²) in [7, 11) is 1.46. The molecule has 100 valence electrons. The summed E-state index contributed by atoms with van der Waals surface area (Å²) >= 11 is 0. The molecule has 18 heavy (non-hydrogen) atoms. The second kappa shape index (κ2) is 7.50. The maximum absolute atomic E-state index is 13.0. The van der Waals surface area contributed by atoms with Gasteiger partial charge in [-0.3, -0.25) is 0 Å². The quantitative estimate of drug-likeness (QED) is 0.757. The summed E-state index contributed by atoms with van der Waals surface area (Å²) in [6.07, 6.45) is -0.159. The third kappa shape index (κ3) is 4.58. The first-order chi connectivity index (χ1) is 8.67. The fourth-order valence-electron chi connectivity index (χ4n) is 1.32. The summed E-state index contributed by atoms with van der Waals surface area (Å²) in [6.45, 7) is 0.250. The largest absolute Gasteiger partial charge is 0.496 e. The molecule has 0 aliphatic rings. The Morgan fingerprint density at radius 2 is 2.28 bits per heavy atom. The maximum atomic E-state index is 13.0. The normalized spacial score (nSPS) is 9.94. The lowest BCUT2D eigenvalue weighted by molar-refractivity contribution is 0.137. The molecule has 0 spiro atoms. The first-order valence-corrected chi connectivity index (χ1v) is 5.51. The van der Waals surface area contributed by atoms with Crippen LogP contribution in [0.15, 0.2) is 18.2 Å². The van der Waals surface area contributed by atoms with E-state index in [1.54, 1.807) is 0 Å². The van der Waals surface area contributed by atoms with Crippen LogP contribution in [0.2, 0.25) is 0 Å². The molecule has 1 amide bonds. The Hall–Kier alpha value is -1.82. The van der Waals surface area contributed by atoms with Crippen LogP contribution in [0.5, 0.6) is 5.75 Å². The third-order valence-electron chi connectivity index (χ3n) is 2.21. The van der Waals surface area contributed by atoms with Gasteiger partial charge in [-0.25, -0.2) is 9.18 Å². The van der Waals surface area contributed by atoms with Gasteiger partial charge in [0.2, 0.25) is 0 Å². The summed E-state index contributed by atoms with van der Waals surface area (Å²) in [5.74, 6) is 0.0367. The van der Waals surface area contributed by atoms with Gasteiger partial charge in [0.05, 0.1) is 7.11 Å². The number of benzene rings is 1. The summed E-state index contributed by atoms with van der Waals surface area (Å²) in [5, 5.41) is 11.0. The molecule has 0 atom stereocenters. The Morgan fingerprint density at radius 1 is 1.50 bits per heavy atom. The van der Waals surface area contributed by atoms with Crippen LogP contribution in [0.25, 0.3) is 0 Å². The van der Waals surface area contributed by atoms with Gasteiger partial charge in [-0.1, -0.05) is 0 Å². The number of carbonyl (C=O) groups is 1. The highest BCUT2D eigenvalue weighted by atomic mass is 19.1. The van der Waals surface area contributed by atoms with Gasteiger partial charge >= 0.3 is 6.09 Å². The predicted molar refractivity (Wildman–Crippen MR) is 62.8 cm³/mol. The average Bonchev–Trinajstić information content (AvgIpc) is 2.37. The molecule has 2 N–H and O–H groups in total. The summed E-state index contributed by atoms with van der Waals surface area (Å²) in [6, 6.07) is 3.99. The van der Waals surface area contributed by atoms with Crippen molar-refractivity contribution in [3.05, 3.63) is 29.6 Å². The van der Waals surface area contributed by atoms with Gasteiger partial charge in [-0.15, -0.1) is 0 Å². The van der Waals surface area contributed by atoms with Gasteiger partial charge in [-0.05, 0) is 24.6 Å². The van der Waals surface area contributed by atoms with E-state index >= 15 is 0 Å². The van der Waals surface area contributed by atoms with E-state index in [1.165, 1.54) is 25.3 Å². The lowest BCUT2D eigenvalue weighted by Crippen LogP contribution is -2.25. The minimum atomic E-state index is -0.616. The number of aliphatic hydroxyl groups excluding tert-OH is 1. The van der Waals surface area contributed by atoms with Gasteiger partial charge in [-0.2, -0.15) is 0 Å². The SMILES string of the molecule is COc1ccc(F)cc1COC(=O)NCCCO. The number of rotatable bonds is 6.